The van der Waals surface area contributed by atoms with Crippen LogP contribution in [0.2, 0.25) is 0 Å². The summed E-state index contributed by atoms with van der Waals surface area (Å²) in [7, 11) is 0. The van der Waals surface area contributed by atoms with Crippen molar-refractivity contribution in [3.8, 4) is 11.8 Å². The molecule has 0 fully saturated rings. The number of para-hydroxylation sites is 2. The molecule has 0 saturated carbocycles. The number of benzene rings is 2. The Labute approximate surface area is 224 Å². The second-order valence-corrected chi connectivity index (χ2v) is 11.1. The van der Waals surface area contributed by atoms with Crippen LogP contribution in [0.3, 0.4) is 0 Å². The molecular formula is C28H28N6OS2. The van der Waals surface area contributed by atoms with E-state index in [0.717, 1.165) is 48.4 Å². The minimum atomic E-state index is -0.155. The highest BCUT2D eigenvalue weighted by Crippen LogP contribution is 2.37. The zero-order valence-corrected chi connectivity index (χ0v) is 22.5. The number of amides is 1. The summed E-state index contributed by atoms with van der Waals surface area (Å²) < 4.78 is 1.99. The minimum absolute atomic E-state index is 0.155. The van der Waals surface area contributed by atoms with Crippen LogP contribution in [-0.4, -0.2) is 26.4 Å². The van der Waals surface area contributed by atoms with Crippen LogP contribution in [0.5, 0.6) is 0 Å². The lowest BCUT2D eigenvalue weighted by molar-refractivity contribution is -0.113. The van der Waals surface area contributed by atoms with Gasteiger partial charge in [-0.05, 0) is 68.4 Å². The zero-order valence-electron chi connectivity index (χ0n) is 20.9. The number of rotatable bonds is 8. The van der Waals surface area contributed by atoms with Gasteiger partial charge in [0.25, 0.3) is 0 Å². The second-order valence-electron chi connectivity index (χ2n) is 9.05. The smallest absolute Gasteiger partial charge is 0.235 e. The lowest BCUT2D eigenvalue weighted by Crippen LogP contribution is -2.15. The maximum Gasteiger partial charge on any atom is 0.235 e. The van der Waals surface area contributed by atoms with Crippen molar-refractivity contribution in [3.05, 3.63) is 81.5 Å². The Kier molecular flexibility index (Phi) is 7.58. The summed E-state index contributed by atoms with van der Waals surface area (Å²) in [5.41, 5.74) is 6.11. The highest BCUT2D eigenvalue weighted by molar-refractivity contribution is 7.99. The Morgan fingerprint density at radius 2 is 1.84 bits per heavy atom. The van der Waals surface area contributed by atoms with Gasteiger partial charge in [-0.3, -0.25) is 9.36 Å². The van der Waals surface area contributed by atoms with Gasteiger partial charge in [-0.25, -0.2) is 0 Å². The average Bonchev–Trinajstić information content (AvgIpc) is 3.48. The van der Waals surface area contributed by atoms with E-state index in [1.54, 1.807) is 11.3 Å². The van der Waals surface area contributed by atoms with E-state index in [4.69, 9.17) is 0 Å². The number of thiophene rings is 1. The van der Waals surface area contributed by atoms with Gasteiger partial charge in [0.05, 0.1) is 17.9 Å². The van der Waals surface area contributed by atoms with E-state index in [0.29, 0.717) is 22.3 Å². The number of aromatic nitrogens is 3. The molecular weight excluding hydrogens is 500 g/mol. The average molecular weight is 529 g/mol. The van der Waals surface area contributed by atoms with E-state index >= 15 is 0 Å². The predicted octanol–water partition coefficient (Wildman–Crippen LogP) is 6.04. The van der Waals surface area contributed by atoms with Crippen molar-refractivity contribution >= 4 is 39.7 Å². The SMILES string of the molecule is Cc1cccc(C)c1NCc1nnc(SCC(=O)Nc2sc3c(c2C#N)CCCC3)n1-c1ccccc1. The van der Waals surface area contributed by atoms with Crippen molar-refractivity contribution in [2.75, 3.05) is 16.4 Å². The Morgan fingerprint density at radius 1 is 1.08 bits per heavy atom. The number of fused-ring (bicyclic) bond motifs is 1. The molecule has 0 radical (unpaired) electrons. The molecule has 1 amide bonds. The number of nitrogens with zero attached hydrogens (tertiary/aromatic N) is 4. The molecule has 0 bridgehead atoms. The zero-order chi connectivity index (χ0) is 25.8. The molecule has 9 heteroatoms. The normalized spacial score (nSPS) is 12.6. The quantitative estimate of drug-likeness (QED) is 0.271. The number of aryl methyl sites for hydroxylation is 3. The number of nitrogens with one attached hydrogen (secondary N) is 2. The maximum absolute atomic E-state index is 12.9. The molecule has 37 heavy (non-hydrogen) atoms. The van der Waals surface area contributed by atoms with Crippen LogP contribution in [0.1, 0.15) is 45.8 Å². The van der Waals surface area contributed by atoms with Crippen molar-refractivity contribution in [1.29, 1.82) is 5.26 Å². The van der Waals surface area contributed by atoms with Crippen LogP contribution in [-0.2, 0) is 24.2 Å². The highest BCUT2D eigenvalue weighted by atomic mass is 32.2. The Morgan fingerprint density at radius 3 is 2.59 bits per heavy atom. The summed E-state index contributed by atoms with van der Waals surface area (Å²) in [4.78, 5) is 14.1. The van der Waals surface area contributed by atoms with E-state index in [9.17, 15) is 10.1 Å². The van der Waals surface area contributed by atoms with Crippen LogP contribution >= 0.6 is 23.1 Å². The van der Waals surface area contributed by atoms with Gasteiger partial charge >= 0.3 is 0 Å². The van der Waals surface area contributed by atoms with Crippen molar-refractivity contribution in [2.45, 2.75) is 51.2 Å². The van der Waals surface area contributed by atoms with Crippen LogP contribution in [0, 0.1) is 25.2 Å². The van der Waals surface area contributed by atoms with E-state index in [1.165, 1.54) is 27.8 Å². The molecule has 0 unspecified atom stereocenters. The molecule has 0 aliphatic heterocycles. The van der Waals surface area contributed by atoms with Crippen LogP contribution in [0.25, 0.3) is 5.69 Å². The molecule has 188 valence electrons. The summed E-state index contributed by atoms with van der Waals surface area (Å²) in [5.74, 6) is 0.773. The fourth-order valence-corrected chi connectivity index (χ4v) is 6.70. The molecule has 1 aliphatic carbocycles. The lowest BCUT2D eigenvalue weighted by atomic mass is 9.96. The van der Waals surface area contributed by atoms with E-state index in [1.807, 2.05) is 41.0 Å². The van der Waals surface area contributed by atoms with E-state index in [-0.39, 0.29) is 11.7 Å². The number of hydrogen-bond donors (Lipinski definition) is 2. The first kappa shape index (κ1) is 25.1. The first-order valence-corrected chi connectivity index (χ1v) is 14.1. The number of anilines is 2. The largest absolute Gasteiger partial charge is 0.377 e. The monoisotopic (exact) mass is 528 g/mol. The summed E-state index contributed by atoms with van der Waals surface area (Å²) in [6, 6.07) is 18.4. The van der Waals surface area contributed by atoms with Gasteiger partial charge in [0.15, 0.2) is 11.0 Å². The molecule has 2 aromatic carbocycles. The molecule has 2 aromatic heterocycles. The van der Waals surface area contributed by atoms with Gasteiger partial charge in [-0.2, -0.15) is 5.26 Å². The van der Waals surface area contributed by atoms with Gasteiger partial charge in [-0.15, -0.1) is 21.5 Å². The van der Waals surface area contributed by atoms with Gasteiger partial charge in [0.1, 0.15) is 11.1 Å². The lowest BCUT2D eigenvalue weighted by Gasteiger charge is -2.14. The van der Waals surface area contributed by atoms with Gasteiger partial charge in [-0.1, -0.05) is 48.2 Å². The number of hydrogen-bond acceptors (Lipinski definition) is 7. The number of carbonyl (C=O) groups is 1. The number of carbonyl (C=O) groups excluding carboxylic acids is 1. The predicted molar refractivity (Wildman–Crippen MR) is 150 cm³/mol. The number of nitriles is 1. The Balaban J connectivity index is 1.33. The standard InChI is InChI=1S/C28H28N6OS2/c1-18-9-8-10-19(2)26(18)30-16-24-32-33-28(34(24)20-11-4-3-5-12-20)36-17-25(35)31-27-22(15-29)21-13-6-7-14-23(21)37-27/h3-5,8-12,30H,6-7,13-14,16-17H2,1-2H3,(H,31,35). The molecule has 2 heterocycles. The van der Waals surface area contributed by atoms with Crippen molar-refractivity contribution < 1.29 is 4.79 Å². The fraction of sp³-hybridized carbons (Fsp3) is 0.286. The third-order valence-corrected chi connectivity index (χ3v) is 8.62. The van der Waals surface area contributed by atoms with Crippen LogP contribution in [0.15, 0.2) is 53.7 Å². The van der Waals surface area contributed by atoms with Crippen LogP contribution < -0.4 is 10.6 Å². The van der Waals surface area contributed by atoms with E-state index < -0.39 is 0 Å². The first-order valence-electron chi connectivity index (χ1n) is 12.3. The molecule has 2 N–H and O–H groups in total. The molecule has 0 spiro atoms. The third kappa shape index (κ3) is 5.41. The summed E-state index contributed by atoms with van der Waals surface area (Å²) in [6.07, 6.45) is 4.13. The fourth-order valence-electron chi connectivity index (χ4n) is 4.67. The highest BCUT2D eigenvalue weighted by Gasteiger charge is 2.22. The van der Waals surface area contributed by atoms with Crippen molar-refractivity contribution in [1.82, 2.24) is 14.8 Å². The maximum atomic E-state index is 12.9. The molecule has 5 rings (SSSR count). The Bertz CT molecular complexity index is 1450. The molecule has 1 aliphatic rings. The van der Waals surface area contributed by atoms with Crippen LogP contribution in [0.4, 0.5) is 10.7 Å². The molecule has 4 aromatic rings. The minimum Gasteiger partial charge on any atom is -0.377 e. The summed E-state index contributed by atoms with van der Waals surface area (Å²) in [6.45, 7) is 4.66. The molecule has 0 atom stereocenters. The molecule has 0 saturated heterocycles. The number of thioether (sulfide) groups is 1. The topological polar surface area (TPSA) is 95.6 Å². The van der Waals surface area contributed by atoms with Crippen molar-refractivity contribution in [3.63, 3.8) is 0 Å². The Hall–Kier alpha value is -3.61. The molecule has 7 nitrogen and oxygen atoms in total. The summed E-state index contributed by atoms with van der Waals surface area (Å²) in [5, 5.41) is 26.4. The van der Waals surface area contributed by atoms with Gasteiger partial charge < -0.3 is 10.6 Å². The van der Waals surface area contributed by atoms with Gasteiger partial charge in [0.2, 0.25) is 5.91 Å². The van der Waals surface area contributed by atoms with Gasteiger partial charge in [0, 0.05) is 16.3 Å². The first-order chi connectivity index (χ1) is 18.0. The second kappa shape index (κ2) is 11.2. The van der Waals surface area contributed by atoms with Crippen molar-refractivity contribution in [2.24, 2.45) is 0 Å². The van der Waals surface area contributed by atoms with E-state index in [2.05, 4.69) is 52.9 Å². The third-order valence-electron chi connectivity index (χ3n) is 6.49. The summed E-state index contributed by atoms with van der Waals surface area (Å²) >= 11 is 2.88.